The average molecular weight is 630 g/mol. The van der Waals surface area contributed by atoms with Crippen LogP contribution >= 0.6 is 11.8 Å². The third kappa shape index (κ3) is 5.92. The molecule has 10 heteroatoms. The Bertz CT molecular complexity index is 1460. The van der Waals surface area contributed by atoms with Crippen LogP contribution in [0.2, 0.25) is 0 Å². The van der Waals surface area contributed by atoms with Gasteiger partial charge in [0.1, 0.15) is 11.9 Å². The quantitative estimate of drug-likeness (QED) is 0.479. The number of aliphatic hydroxyl groups excluding tert-OH is 1. The Morgan fingerprint density at radius 2 is 1.89 bits per heavy atom. The van der Waals surface area contributed by atoms with Gasteiger partial charge in [-0.05, 0) is 53.7 Å². The van der Waals surface area contributed by atoms with E-state index in [1.54, 1.807) is 35.9 Å². The van der Waals surface area contributed by atoms with E-state index in [2.05, 4.69) is 52.9 Å². The molecule has 0 saturated carbocycles. The summed E-state index contributed by atoms with van der Waals surface area (Å²) in [6, 6.07) is 17.5. The van der Waals surface area contributed by atoms with Gasteiger partial charge < -0.3 is 20.1 Å². The van der Waals surface area contributed by atoms with Crippen molar-refractivity contribution in [2.75, 3.05) is 45.8 Å². The van der Waals surface area contributed by atoms with E-state index in [9.17, 15) is 14.7 Å². The van der Waals surface area contributed by atoms with Gasteiger partial charge in [0.15, 0.2) is 0 Å². The Kier molecular flexibility index (Phi) is 9.37. The van der Waals surface area contributed by atoms with E-state index in [-0.39, 0.29) is 30.4 Å². The monoisotopic (exact) mass is 629 g/mol. The zero-order chi connectivity index (χ0) is 31.6. The number of carbonyl (C=O) groups excluding carboxylic acids is 2. The topological polar surface area (TPSA) is 88.6 Å². The first-order valence-corrected chi connectivity index (χ1v) is 17.0. The molecule has 3 unspecified atom stereocenters. The predicted molar refractivity (Wildman–Crippen MR) is 178 cm³/mol. The fraction of sp³-hybridized carbons (Fsp3) is 0.429. The number of nitrogens with zero attached hydrogens (tertiary/aromatic N) is 4. The normalized spacial score (nSPS) is 29.1. The van der Waals surface area contributed by atoms with Crippen molar-refractivity contribution in [1.82, 2.24) is 25.1 Å². The summed E-state index contributed by atoms with van der Waals surface area (Å²) in [6.07, 6.45) is 12.3. The number of hydrogen-bond donors (Lipinski definition) is 2. The van der Waals surface area contributed by atoms with Crippen LogP contribution in [0.25, 0.3) is 0 Å². The van der Waals surface area contributed by atoms with Crippen molar-refractivity contribution in [3.8, 4) is 5.75 Å². The number of rotatable bonds is 7. The van der Waals surface area contributed by atoms with Crippen LogP contribution in [-0.2, 0) is 11.3 Å². The second kappa shape index (κ2) is 13.4. The molecule has 2 fully saturated rings. The van der Waals surface area contributed by atoms with E-state index in [0.29, 0.717) is 32.5 Å². The SMILES string of the molecule is COc1ccc(CNC(=O)N2[C@H]3CN4CC(c5ccccc5)C5=CCC4(C(O)/C=C\C=C5)[C@H](CCSC)N3C(=O)CN2C)cc1. The number of benzene rings is 2. The molecule has 2 aromatic rings. The van der Waals surface area contributed by atoms with E-state index in [1.165, 1.54) is 11.1 Å². The lowest BCUT2D eigenvalue weighted by atomic mass is 9.74. The minimum atomic E-state index is -0.815. The van der Waals surface area contributed by atoms with E-state index >= 15 is 0 Å². The molecule has 1 spiro atoms. The third-order valence-electron chi connectivity index (χ3n) is 9.79. The summed E-state index contributed by atoms with van der Waals surface area (Å²) in [7, 11) is 3.43. The first-order valence-electron chi connectivity index (χ1n) is 15.6. The Balaban J connectivity index is 1.39. The highest BCUT2D eigenvalue weighted by molar-refractivity contribution is 7.98. The zero-order valence-electron chi connectivity index (χ0n) is 26.2. The number of thioether (sulfide) groups is 1. The maximum atomic E-state index is 14.0. The van der Waals surface area contributed by atoms with Crippen molar-refractivity contribution in [3.05, 3.63) is 102 Å². The van der Waals surface area contributed by atoms with E-state index < -0.39 is 17.8 Å². The maximum Gasteiger partial charge on any atom is 0.334 e. The lowest BCUT2D eigenvalue weighted by Gasteiger charge is -2.63. The van der Waals surface area contributed by atoms with E-state index in [1.807, 2.05) is 53.5 Å². The molecule has 2 aromatic carbocycles. The molecule has 45 heavy (non-hydrogen) atoms. The van der Waals surface area contributed by atoms with Crippen molar-refractivity contribution < 1.29 is 19.4 Å². The van der Waals surface area contributed by atoms with Gasteiger partial charge in [-0.1, -0.05) is 72.8 Å². The number of ether oxygens (including phenoxy) is 1. The molecule has 5 atom stereocenters. The average Bonchev–Trinajstić information content (AvgIpc) is 3.16. The fourth-order valence-corrected chi connectivity index (χ4v) is 8.03. The number of piperazine rings is 1. The van der Waals surface area contributed by atoms with Crippen LogP contribution in [0.1, 0.15) is 29.9 Å². The van der Waals surface area contributed by atoms with Crippen LogP contribution in [0.4, 0.5) is 4.79 Å². The summed E-state index contributed by atoms with van der Waals surface area (Å²) < 4.78 is 5.27. The Morgan fingerprint density at radius 1 is 1.11 bits per heavy atom. The molecule has 2 saturated heterocycles. The number of amides is 3. The van der Waals surface area contributed by atoms with Gasteiger partial charge in [-0.2, -0.15) is 11.8 Å². The van der Waals surface area contributed by atoms with Gasteiger partial charge in [0.2, 0.25) is 5.91 Å². The molecule has 6 rings (SSSR count). The van der Waals surface area contributed by atoms with Crippen LogP contribution in [-0.4, -0.2) is 107 Å². The largest absolute Gasteiger partial charge is 0.497 e. The number of urea groups is 1. The number of hydrazine groups is 1. The van der Waals surface area contributed by atoms with Crippen LogP contribution < -0.4 is 10.1 Å². The molecular formula is C35H43N5O4S. The second-order valence-corrected chi connectivity index (χ2v) is 13.2. The van der Waals surface area contributed by atoms with Crippen molar-refractivity contribution >= 4 is 23.7 Å². The van der Waals surface area contributed by atoms with Gasteiger partial charge >= 0.3 is 6.03 Å². The summed E-state index contributed by atoms with van der Waals surface area (Å²) >= 11 is 1.73. The van der Waals surface area contributed by atoms with E-state index in [0.717, 1.165) is 17.1 Å². The number of carbonyl (C=O) groups is 2. The first-order chi connectivity index (χ1) is 21.9. The number of aliphatic hydroxyl groups is 1. The summed E-state index contributed by atoms with van der Waals surface area (Å²) in [6.45, 7) is 1.50. The standard InChI is InChI=1S/C35H43N5O4S/c1-37-24-33(42)39-30(18-20-45-3)35-19-17-27(11-7-8-12-31(35)41)29(26-9-5-4-6-10-26)22-38(35)23-32(39)40(37)34(43)36-21-25-13-15-28(44-2)16-14-25/h4-17,29-32,41H,18-24H2,1-3H3,(H,36,43)/b11-7?,12-8-/t29?,30-,31?,32-,35?/m0/s1. The summed E-state index contributed by atoms with van der Waals surface area (Å²) in [5, 5.41) is 18.6. The fourth-order valence-electron chi connectivity index (χ4n) is 7.58. The van der Waals surface area contributed by atoms with Gasteiger partial charge in [0.05, 0.1) is 31.3 Å². The Labute approximate surface area is 270 Å². The zero-order valence-corrected chi connectivity index (χ0v) is 27.0. The van der Waals surface area contributed by atoms with Gasteiger partial charge in [-0.3, -0.25) is 9.69 Å². The number of likely N-dealkylation sites (N-methyl/N-ethyl adjacent to an activating group) is 1. The van der Waals surface area contributed by atoms with Crippen LogP contribution in [0, 0.1) is 0 Å². The molecule has 3 heterocycles. The summed E-state index contributed by atoms with van der Waals surface area (Å²) in [4.78, 5) is 32.3. The Morgan fingerprint density at radius 3 is 2.62 bits per heavy atom. The van der Waals surface area contributed by atoms with Gasteiger partial charge in [0.25, 0.3) is 0 Å². The lowest BCUT2D eigenvalue weighted by Crippen LogP contribution is -2.82. The highest BCUT2D eigenvalue weighted by atomic mass is 32.2. The third-order valence-corrected chi connectivity index (χ3v) is 10.4. The molecule has 2 bridgehead atoms. The highest BCUT2D eigenvalue weighted by Gasteiger charge is 2.60. The second-order valence-electron chi connectivity index (χ2n) is 12.2. The molecule has 0 aromatic heterocycles. The molecule has 4 aliphatic rings. The van der Waals surface area contributed by atoms with E-state index in [4.69, 9.17) is 4.74 Å². The number of allylic oxidation sites excluding steroid dienone is 3. The molecule has 3 amide bonds. The number of hydrogen-bond acceptors (Lipinski definition) is 7. The number of fused-ring (bicyclic) bond motifs is 2. The molecule has 3 aliphatic heterocycles. The molecular weight excluding hydrogens is 586 g/mol. The molecule has 0 radical (unpaired) electrons. The van der Waals surface area contributed by atoms with Crippen LogP contribution in [0.3, 0.4) is 0 Å². The first kappa shape index (κ1) is 31.4. The summed E-state index contributed by atoms with van der Waals surface area (Å²) in [5.74, 6) is 1.63. The van der Waals surface area contributed by atoms with Crippen LogP contribution in [0.5, 0.6) is 5.75 Å². The van der Waals surface area contributed by atoms with Crippen molar-refractivity contribution in [2.45, 2.75) is 49.2 Å². The number of nitrogens with one attached hydrogen (secondary N) is 1. The summed E-state index contributed by atoms with van der Waals surface area (Å²) in [5.41, 5.74) is 2.61. The van der Waals surface area contributed by atoms with Gasteiger partial charge in [-0.15, -0.1) is 0 Å². The molecule has 1 aliphatic carbocycles. The lowest BCUT2D eigenvalue weighted by molar-refractivity contribution is -0.208. The minimum absolute atomic E-state index is 0.0240. The van der Waals surface area contributed by atoms with Gasteiger partial charge in [0, 0.05) is 32.6 Å². The Hall–Kier alpha value is -3.57. The minimum Gasteiger partial charge on any atom is -0.497 e. The van der Waals surface area contributed by atoms with Crippen molar-refractivity contribution in [2.24, 2.45) is 0 Å². The predicted octanol–water partition coefficient (Wildman–Crippen LogP) is 4.00. The van der Waals surface area contributed by atoms with Crippen molar-refractivity contribution in [3.63, 3.8) is 0 Å². The molecule has 2 N–H and O–H groups in total. The number of methoxy groups -OCH3 is 1. The van der Waals surface area contributed by atoms with Crippen LogP contribution in [0.15, 0.2) is 90.6 Å². The van der Waals surface area contributed by atoms with Gasteiger partial charge in [-0.25, -0.2) is 14.8 Å². The smallest absolute Gasteiger partial charge is 0.334 e. The highest BCUT2D eigenvalue weighted by Crippen LogP contribution is 2.46. The molecule has 9 nitrogen and oxygen atoms in total. The molecule has 238 valence electrons. The van der Waals surface area contributed by atoms with Crippen molar-refractivity contribution in [1.29, 1.82) is 0 Å². The maximum absolute atomic E-state index is 14.0.